The molecule has 0 unspecified atom stereocenters. The molecular formula is C12H13N3O2S. The van der Waals surface area contributed by atoms with Crippen molar-refractivity contribution in [3.05, 3.63) is 40.9 Å². The molecule has 0 radical (unpaired) electrons. The zero-order chi connectivity index (χ0) is 12.8. The largest absolute Gasteiger partial charge is 0.497 e. The van der Waals surface area contributed by atoms with Gasteiger partial charge in [-0.1, -0.05) is 16.6 Å². The highest BCUT2D eigenvalue weighted by molar-refractivity contribution is 7.07. The molecule has 0 bridgehead atoms. The number of nitrogens with zero attached hydrogens (tertiary/aromatic N) is 2. The summed E-state index contributed by atoms with van der Waals surface area (Å²) in [6.45, 7) is 0.586. The molecule has 0 fully saturated rings. The van der Waals surface area contributed by atoms with Gasteiger partial charge in [-0.2, -0.15) is 0 Å². The van der Waals surface area contributed by atoms with Gasteiger partial charge in [0.1, 0.15) is 10.6 Å². The summed E-state index contributed by atoms with van der Waals surface area (Å²) in [6.07, 6.45) is 2.25. The fourth-order valence-corrected chi connectivity index (χ4v) is 1.90. The number of benzene rings is 1. The quantitative estimate of drug-likeness (QED) is 0.888. The molecule has 0 aliphatic heterocycles. The SMILES string of the molecule is COc1ccc(CCNC(=O)c2cnns2)cc1. The number of carbonyl (C=O) groups excluding carboxylic acids is 1. The molecule has 0 saturated carbocycles. The molecule has 2 rings (SSSR count). The van der Waals surface area contributed by atoms with Crippen molar-refractivity contribution in [2.45, 2.75) is 6.42 Å². The third-order valence-corrected chi connectivity index (χ3v) is 3.11. The minimum atomic E-state index is -0.126. The molecule has 1 N–H and O–H groups in total. The van der Waals surface area contributed by atoms with Crippen LogP contribution >= 0.6 is 11.5 Å². The lowest BCUT2D eigenvalue weighted by Gasteiger charge is -2.04. The molecule has 5 nitrogen and oxygen atoms in total. The highest BCUT2D eigenvalue weighted by Gasteiger charge is 2.06. The Morgan fingerprint density at radius 2 is 2.17 bits per heavy atom. The van der Waals surface area contributed by atoms with E-state index < -0.39 is 0 Å². The number of nitrogens with one attached hydrogen (secondary N) is 1. The van der Waals surface area contributed by atoms with E-state index in [1.54, 1.807) is 7.11 Å². The van der Waals surface area contributed by atoms with Crippen molar-refractivity contribution in [3.63, 3.8) is 0 Å². The number of rotatable bonds is 5. The van der Waals surface area contributed by atoms with Gasteiger partial charge in [0.25, 0.3) is 5.91 Å². The number of hydrogen-bond donors (Lipinski definition) is 1. The Hall–Kier alpha value is -1.95. The first-order valence-corrected chi connectivity index (χ1v) is 6.25. The van der Waals surface area contributed by atoms with E-state index in [1.165, 1.54) is 6.20 Å². The van der Waals surface area contributed by atoms with E-state index in [1.807, 2.05) is 24.3 Å². The van der Waals surface area contributed by atoms with Crippen molar-refractivity contribution in [2.75, 3.05) is 13.7 Å². The van der Waals surface area contributed by atoms with Gasteiger partial charge in [0.05, 0.1) is 13.3 Å². The van der Waals surface area contributed by atoms with Crippen molar-refractivity contribution in [2.24, 2.45) is 0 Å². The maximum Gasteiger partial charge on any atom is 0.264 e. The molecule has 1 aromatic heterocycles. The summed E-state index contributed by atoms with van der Waals surface area (Å²) >= 11 is 1.09. The van der Waals surface area contributed by atoms with Crippen LogP contribution in [-0.2, 0) is 6.42 Å². The van der Waals surface area contributed by atoms with E-state index in [9.17, 15) is 4.79 Å². The fourth-order valence-electron chi connectivity index (χ4n) is 1.47. The summed E-state index contributed by atoms with van der Waals surface area (Å²) in [5.74, 6) is 0.706. The Balaban J connectivity index is 1.79. The molecule has 6 heteroatoms. The standard InChI is InChI=1S/C12H13N3O2S/c1-17-10-4-2-9(3-5-10)6-7-13-12(16)11-8-14-15-18-11/h2-5,8H,6-7H2,1H3,(H,13,16). The molecule has 0 saturated heterocycles. The maximum absolute atomic E-state index is 11.6. The molecule has 1 amide bonds. The summed E-state index contributed by atoms with van der Waals surface area (Å²) in [5.41, 5.74) is 1.15. The average molecular weight is 263 g/mol. The molecule has 0 atom stereocenters. The lowest BCUT2D eigenvalue weighted by atomic mass is 10.1. The van der Waals surface area contributed by atoms with Crippen LogP contribution in [0.2, 0.25) is 0 Å². The Morgan fingerprint density at radius 3 is 2.78 bits per heavy atom. The second-order valence-electron chi connectivity index (χ2n) is 3.64. The van der Waals surface area contributed by atoms with Crippen LogP contribution in [0.5, 0.6) is 5.75 Å². The molecule has 0 aliphatic carbocycles. The summed E-state index contributed by atoms with van der Waals surface area (Å²) in [7, 11) is 1.64. The van der Waals surface area contributed by atoms with Crippen molar-refractivity contribution in [1.82, 2.24) is 14.9 Å². The van der Waals surface area contributed by atoms with Gasteiger partial charge in [-0.25, -0.2) is 0 Å². The summed E-state index contributed by atoms with van der Waals surface area (Å²) < 4.78 is 8.72. The van der Waals surface area contributed by atoms with Gasteiger partial charge in [0, 0.05) is 6.54 Å². The van der Waals surface area contributed by atoms with Gasteiger partial charge in [0.2, 0.25) is 0 Å². The zero-order valence-corrected chi connectivity index (χ0v) is 10.7. The van der Waals surface area contributed by atoms with Crippen molar-refractivity contribution in [3.8, 4) is 5.75 Å². The van der Waals surface area contributed by atoms with Crippen LogP contribution in [0.15, 0.2) is 30.5 Å². The number of ether oxygens (including phenoxy) is 1. The summed E-state index contributed by atoms with van der Waals surface area (Å²) in [4.78, 5) is 12.1. The van der Waals surface area contributed by atoms with E-state index in [0.29, 0.717) is 11.4 Å². The second kappa shape index (κ2) is 6.11. The van der Waals surface area contributed by atoms with E-state index in [-0.39, 0.29) is 5.91 Å². The zero-order valence-electron chi connectivity index (χ0n) is 9.92. The van der Waals surface area contributed by atoms with Gasteiger partial charge in [-0.3, -0.25) is 4.79 Å². The molecule has 2 aromatic rings. The fraction of sp³-hybridized carbons (Fsp3) is 0.250. The highest BCUT2D eigenvalue weighted by Crippen LogP contribution is 2.11. The average Bonchev–Trinajstić information content (AvgIpc) is 2.93. The molecule has 18 heavy (non-hydrogen) atoms. The smallest absolute Gasteiger partial charge is 0.264 e. The van der Waals surface area contributed by atoms with Gasteiger partial charge >= 0.3 is 0 Å². The maximum atomic E-state index is 11.6. The predicted molar refractivity (Wildman–Crippen MR) is 68.9 cm³/mol. The Kier molecular flexibility index (Phi) is 4.25. The number of amides is 1. The normalized spacial score (nSPS) is 10.1. The molecular weight excluding hydrogens is 250 g/mol. The topological polar surface area (TPSA) is 64.1 Å². The summed E-state index contributed by atoms with van der Waals surface area (Å²) in [6, 6.07) is 7.78. The van der Waals surface area contributed by atoms with E-state index in [2.05, 4.69) is 14.9 Å². The molecule has 1 aromatic carbocycles. The van der Waals surface area contributed by atoms with E-state index in [4.69, 9.17) is 4.74 Å². The van der Waals surface area contributed by atoms with Crippen molar-refractivity contribution < 1.29 is 9.53 Å². The van der Waals surface area contributed by atoms with Crippen LogP contribution in [0.1, 0.15) is 15.2 Å². The number of hydrogen-bond acceptors (Lipinski definition) is 5. The Labute approximate surface area is 109 Å². The van der Waals surface area contributed by atoms with Gasteiger partial charge in [-0.15, -0.1) is 5.10 Å². The van der Waals surface area contributed by atoms with Crippen LogP contribution in [0.3, 0.4) is 0 Å². The predicted octanol–water partition coefficient (Wildman–Crippen LogP) is 1.52. The third kappa shape index (κ3) is 3.27. The molecule has 94 valence electrons. The van der Waals surface area contributed by atoms with Crippen molar-refractivity contribution in [1.29, 1.82) is 0 Å². The number of methoxy groups -OCH3 is 1. The van der Waals surface area contributed by atoms with E-state index >= 15 is 0 Å². The lowest BCUT2D eigenvalue weighted by molar-refractivity contribution is 0.0958. The van der Waals surface area contributed by atoms with Crippen LogP contribution < -0.4 is 10.1 Å². The minimum Gasteiger partial charge on any atom is -0.497 e. The monoisotopic (exact) mass is 263 g/mol. The Bertz CT molecular complexity index is 497. The first kappa shape index (κ1) is 12.5. The molecule has 0 aliphatic rings. The van der Waals surface area contributed by atoms with Crippen LogP contribution in [0.4, 0.5) is 0 Å². The first-order valence-electron chi connectivity index (χ1n) is 5.48. The highest BCUT2D eigenvalue weighted by atomic mass is 32.1. The lowest BCUT2D eigenvalue weighted by Crippen LogP contribution is -2.24. The molecule has 0 spiro atoms. The summed E-state index contributed by atoms with van der Waals surface area (Å²) in [5, 5.41) is 6.44. The molecule has 1 heterocycles. The van der Waals surface area contributed by atoms with Crippen molar-refractivity contribution >= 4 is 17.4 Å². The third-order valence-electron chi connectivity index (χ3n) is 2.44. The van der Waals surface area contributed by atoms with Gasteiger partial charge in [0.15, 0.2) is 0 Å². The van der Waals surface area contributed by atoms with Gasteiger partial charge < -0.3 is 10.1 Å². The van der Waals surface area contributed by atoms with Gasteiger partial charge in [-0.05, 0) is 35.6 Å². The number of aromatic nitrogens is 2. The number of carbonyl (C=O) groups is 1. The van der Waals surface area contributed by atoms with E-state index in [0.717, 1.165) is 29.3 Å². The minimum absolute atomic E-state index is 0.126. The van der Waals surface area contributed by atoms with Crippen LogP contribution in [0, 0.1) is 0 Å². The van der Waals surface area contributed by atoms with Crippen LogP contribution in [-0.4, -0.2) is 29.1 Å². The first-order chi connectivity index (χ1) is 8.79. The van der Waals surface area contributed by atoms with Crippen LogP contribution in [0.25, 0.3) is 0 Å². The second-order valence-corrected chi connectivity index (χ2v) is 4.42. The Morgan fingerprint density at radius 1 is 1.39 bits per heavy atom.